The number of amides is 2. The maximum Gasteiger partial charge on any atom is 0.319 e. The monoisotopic (exact) mass is 332 g/mol. The van der Waals surface area contributed by atoms with E-state index in [4.69, 9.17) is 4.74 Å². The lowest BCUT2D eigenvalue weighted by Crippen LogP contribution is -2.47. The lowest BCUT2D eigenvalue weighted by molar-refractivity contribution is -0.0786. The van der Waals surface area contributed by atoms with Gasteiger partial charge < -0.3 is 20.3 Å². The zero-order valence-corrected chi connectivity index (χ0v) is 14.6. The number of urea groups is 1. The molecule has 6 heteroatoms. The first-order chi connectivity index (χ1) is 11.6. The second kappa shape index (κ2) is 7.49. The van der Waals surface area contributed by atoms with Gasteiger partial charge in [0.15, 0.2) is 0 Å². The van der Waals surface area contributed by atoms with Crippen molar-refractivity contribution >= 4 is 11.7 Å². The number of rotatable bonds is 4. The molecular formula is C18H28N4O2. The quantitative estimate of drug-likeness (QED) is 0.889. The Bertz CT molecular complexity index is 541. The number of piperidine rings is 1. The van der Waals surface area contributed by atoms with E-state index in [1.807, 2.05) is 6.07 Å². The fourth-order valence-corrected chi connectivity index (χ4v) is 3.67. The maximum absolute atomic E-state index is 11.9. The van der Waals surface area contributed by atoms with Crippen molar-refractivity contribution in [2.45, 2.75) is 57.3 Å². The van der Waals surface area contributed by atoms with Crippen LogP contribution >= 0.6 is 0 Å². The first-order valence-electron chi connectivity index (χ1n) is 8.93. The van der Waals surface area contributed by atoms with Crippen molar-refractivity contribution in [2.24, 2.45) is 0 Å². The molecule has 6 nitrogen and oxygen atoms in total. The van der Waals surface area contributed by atoms with Crippen LogP contribution in [0.3, 0.4) is 0 Å². The van der Waals surface area contributed by atoms with Crippen LogP contribution in [0.25, 0.3) is 0 Å². The Balaban J connectivity index is 1.41. The Morgan fingerprint density at radius 3 is 2.88 bits per heavy atom. The van der Waals surface area contributed by atoms with Crippen molar-refractivity contribution in [3.63, 3.8) is 0 Å². The molecule has 132 valence electrons. The number of carbonyl (C=O) groups excluding carboxylic acids is 1. The van der Waals surface area contributed by atoms with Crippen molar-refractivity contribution in [2.75, 3.05) is 25.0 Å². The number of aromatic nitrogens is 1. The minimum absolute atomic E-state index is 0.0392. The summed E-state index contributed by atoms with van der Waals surface area (Å²) in [5.74, 6) is 0. The summed E-state index contributed by atoms with van der Waals surface area (Å²) in [6, 6.07) is 4.01. The number of nitrogens with one attached hydrogen (secondary N) is 2. The van der Waals surface area contributed by atoms with Gasteiger partial charge in [-0.1, -0.05) is 0 Å². The summed E-state index contributed by atoms with van der Waals surface area (Å²) in [5, 5.41) is 5.69. The van der Waals surface area contributed by atoms with Crippen LogP contribution in [0, 0.1) is 0 Å². The van der Waals surface area contributed by atoms with Crippen LogP contribution in [-0.4, -0.2) is 53.3 Å². The summed E-state index contributed by atoms with van der Waals surface area (Å²) in [4.78, 5) is 18.4. The molecule has 24 heavy (non-hydrogen) atoms. The van der Waals surface area contributed by atoms with Crippen LogP contribution in [0.15, 0.2) is 24.5 Å². The topological polar surface area (TPSA) is 66.5 Å². The highest BCUT2D eigenvalue weighted by atomic mass is 16.5. The Labute approximate surface area is 144 Å². The molecule has 0 radical (unpaired) electrons. The molecule has 3 heterocycles. The molecule has 1 atom stereocenters. The number of hydrogen-bond acceptors (Lipinski definition) is 4. The van der Waals surface area contributed by atoms with Gasteiger partial charge in [-0.3, -0.25) is 4.98 Å². The van der Waals surface area contributed by atoms with E-state index >= 15 is 0 Å². The lowest BCUT2D eigenvalue weighted by Gasteiger charge is -2.40. The number of hydrogen-bond donors (Lipinski definition) is 2. The fourth-order valence-electron chi connectivity index (χ4n) is 3.67. The first-order valence-corrected chi connectivity index (χ1v) is 8.93. The van der Waals surface area contributed by atoms with Crippen LogP contribution in [0.1, 0.15) is 39.5 Å². The van der Waals surface area contributed by atoms with E-state index < -0.39 is 0 Å². The molecule has 0 unspecified atom stereocenters. The number of ether oxygens (including phenoxy) is 1. The molecule has 2 N–H and O–H groups in total. The Morgan fingerprint density at radius 1 is 1.42 bits per heavy atom. The third kappa shape index (κ3) is 4.24. The summed E-state index contributed by atoms with van der Waals surface area (Å²) >= 11 is 0. The molecule has 0 bridgehead atoms. The van der Waals surface area contributed by atoms with Crippen LogP contribution in [-0.2, 0) is 4.74 Å². The maximum atomic E-state index is 11.9. The first kappa shape index (κ1) is 17.2. The summed E-state index contributed by atoms with van der Waals surface area (Å²) < 4.78 is 6.34. The minimum atomic E-state index is -0.206. The predicted molar refractivity (Wildman–Crippen MR) is 94.0 cm³/mol. The Morgan fingerprint density at radius 2 is 2.21 bits per heavy atom. The second-order valence-electron chi connectivity index (χ2n) is 7.17. The highest BCUT2D eigenvalue weighted by molar-refractivity contribution is 5.88. The highest BCUT2D eigenvalue weighted by Gasteiger charge is 2.42. The summed E-state index contributed by atoms with van der Waals surface area (Å²) in [6.07, 6.45) is 7.76. The van der Waals surface area contributed by atoms with Crippen molar-refractivity contribution in [1.82, 2.24) is 15.2 Å². The van der Waals surface area contributed by atoms with Gasteiger partial charge in [0.25, 0.3) is 0 Å². The molecule has 2 amide bonds. The molecule has 0 aliphatic carbocycles. The van der Waals surface area contributed by atoms with E-state index in [-0.39, 0.29) is 17.7 Å². The molecule has 0 saturated carbocycles. The normalized spacial score (nSPS) is 23.5. The van der Waals surface area contributed by atoms with Gasteiger partial charge in [-0.15, -0.1) is 0 Å². The SMILES string of the molecule is CC(C)N1CCC2(CC[C@H](CNC(=O)Nc3cccnc3)O2)CC1. The molecule has 2 aliphatic heterocycles. The third-order valence-electron chi connectivity index (χ3n) is 5.19. The average molecular weight is 332 g/mol. The van der Waals surface area contributed by atoms with Crippen molar-refractivity contribution in [3.8, 4) is 0 Å². The van der Waals surface area contributed by atoms with Gasteiger partial charge in [0.1, 0.15) is 0 Å². The van der Waals surface area contributed by atoms with E-state index in [1.54, 1.807) is 18.5 Å². The van der Waals surface area contributed by atoms with Gasteiger partial charge in [-0.2, -0.15) is 0 Å². The van der Waals surface area contributed by atoms with E-state index in [9.17, 15) is 4.79 Å². The smallest absolute Gasteiger partial charge is 0.319 e. The largest absolute Gasteiger partial charge is 0.370 e. The Kier molecular flexibility index (Phi) is 5.36. The summed E-state index contributed by atoms with van der Waals surface area (Å²) in [7, 11) is 0. The number of carbonyl (C=O) groups is 1. The van der Waals surface area contributed by atoms with Gasteiger partial charge in [0, 0.05) is 31.9 Å². The molecule has 0 aromatic carbocycles. The van der Waals surface area contributed by atoms with Crippen LogP contribution in [0.4, 0.5) is 10.5 Å². The molecule has 2 aliphatic rings. The minimum Gasteiger partial charge on any atom is -0.370 e. The number of nitrogens with zero attached hydrogens (tertiary/aromatic N) is 2. The van der Waals surface area contributed by atoms with E-state index in [0.717, 1.165) is 38.8 Å². The average Bonchev–Trinajstić information content (AvgIpc) is 2.97. The number of pyridine rings is 1. The predicted octanol–water partition coefficient (Wildman–Crippen LogP) is 2.63. The van der Waals surface area contributed by atoms with Gasteiger partial charge >= 0.3 is 6.03 Å². The van der Waals surface area contributed by atoms with Crippen LogP contribution in [0.2, 0.25) is 0 Å². The van der Waals surface area contributed by atoms with Gasteiger partial charge in [-0.25, -0.2) is 4.79 Å². The van der Waals surface area contributed by atoms with E-state index in [0.29, 0.717) is 18.3 Å². The van der Waals surface area contributed by atoms with Gasteiger partial charge in [0.2, 0.25) is 0 Å². The summed E-state index contributed by atoms with van der Waals surface area (Å²) in [5.41, 5.74) is 0.734. The number of anilines is 1. The lowest BCUT2D eigenvalue weighted by atomic mass is 9.88. The Hall–Kier alpha value is -1.66. The van der Waals surface area contributed by atoms with Gasteiger partial charge in [0.05, 0.1) is 23.6 Å². The van der Waals surface area contributed by atoms with Crippen LogP contribution < -0.4 is 10.6 Å². The molecule has 1 aromatic heterocycles. The van der Waals surface area contributed by atoms with Gasteiger partial charge in [-0.05, 0) is 51.7 Å². The summed E-state index contributed by atoms with van der Waals surface area (Å²) in [6.45, 7) is 7.28. The standard InChI is InChI=1S/C18H28N4O2/c1-14(2)22-10-7-18(8-11-22)6-5-16(24-18)13-20-17(23)21-15-4-3-9-19-12-15/h3-4,9,12,14,16H,5-8,10-11,13H2,1-2H3,(H2,20,21,23)/t16-/m1/s1. The van der Waals surface area contributed by atoms with Crippen molar-refractivity contribution in [3.05, 3.63) is 24.5 Å². The molecule has 2 fully saturated rings. The van der Waals surface area contributed by atoms with Crippen molar-refractivity contribution in [1.29, 1.82) is 0 Å². The van der Waals surface area contributed by atoms with Crippen molar-refractivity contribution < 1.29 is 9.53 Å². The van der Waals surface area contributed by atoms with E-state index in [1.165, 1.54) is 0 Å². The zero-order valence-electron chi connectivity index (χ0n) is 14.6. The van der Waals surface area contributed by atoms with Crippen LogP contribution in [0.5, 0.6) is 0 Å². The molecule has 2 saturated heterocycles. The fraction of sp³-hybridized carbons (Fsp3) is 0.667. The third-order valence-corrected chi connectivity index (χ3v) is 5.19. The number of likely N-dealkylation sites (tertiary alicyclic amines) is 1. The molecular weight excluding hydrogens is 304 g/mol. The molecule has 1 aromatic rings. The second-order valence-corrected chi connectivity index (χ2v) is 7.17. The van der Waals surface area contributed by atoms with E-state index in [2.05, 4.69) is 34.4 Å². The molecule has 3 rings (SSSR count). The highest BCUT2D eigenvalue weighted by Crippen LogP contribution is 2.39. The zero-order chi connectivity index (χ0) is 17.0. The molecule has 1 spiro atoms.